The highest BCUT2D eigenvalue weighted by atomic mass is 16.3. The topological polar surface area (TPSA) is 89.3 Å². The van der Waals surface area contributed by atoms with Gasteiger partial charge in [-0.1, -0.05) is 12.1 Å². The second-order valence-electron chi connectivity index (χ2n) is 2.24. The van der Waals surface area contributed by atoms with Crippen LogP contribution in [0.1, 0.15) is 5.56 Å². The molecule has 12 heavy (non-hydrogen) atoms. The van der Waals surface area contributed by atoms with E-state index in [4.69, 9.17) is 9.90 Å². The highest BCUT2D eigenvalue weighted by molar-refractivity contribution is 5.69. The number of carbonyl (C=O) groups excluding carboxylic acids is 1. The molecule has 4 heteroatoms. The largest absolute Gasteiger partial charge is 0.508 e. The van der Waals surface area contributed by atoms with Gasteiger partial charge in [-0.15, -0.1) is 0 Å². The van der Waals surface area contributed by atoms with Crippen molar-refractivity contribution in [2.24, 2.45) is 11.5 Å². The molecule has 5 N–H and O–H groups in total. The predicted octanol–water partition coefficient (Wildman–Crippen LogP) is 0.724. The van der Waals surface area contributed by atoms with Gasteiger partial charge < -0.3 is 16.6 Å². The number of amides is 2. The van der Waals surface area contributed by atoms with Crippen LogP contribution in [0.3, 0.4) is 0 Å². The van der Waals surface area contributed by atoms with Crippen LogP contribution in [-0.2, 0) is 0 Å². The normalized spacial score (nSPS) is 8.08. The van der Waals surface area contributed by atoms with Gasteiger partial charge in [0, 0.05) is 0 Å². The molecule has 0 radical (unpaired) electrons. The van der Waals surface area contributed by atoms with Crippen molar-refractivity contribution in [1.29, 1.82) is 0 Å². The summed E-state index contributed by atoms with van der Waals surface area (Å²) >= 11 is 0. The predicted molar refractivity (Wildman–Crippen MR) is 46.6 cm³/mol. The molecule has 0 unspecified atom stereocenters. The quantitative estimate of drug-likeness (QED) is 0.533. The number of aryl methyl sites for hydroxylation is 1. The minimum absolute atomic E-state index is 0.338. The van der Waals surface area contributed by atoms with E-state index in [2.05, 4.69) is 11.5 Å². The van der Waals surface area contributed by atoms with E-state index >= 15 is 0 Å². The second kappa shape index (κ2) is 5.01. The van der Waals surface area contributed by atoms with Crippen LogP contribution in [0.2, 0.25) is 0 Å². The van der Waals surface area contributed by atoms with Gasteiger partial charge in [-0.3, -0.25) is 0 Å². The van der Waals surface area contributed by atoms with Gasteiger partial charge in [0.05, 0.1) is 0 Å². The van der Waals surface area contributed by atoms with Gasteiger partial charge in [0.15, 0.2) is 0 Å². The third-order valence-electron chi connectivity index (χ3n) is 1.00. The third-order valence-corrected chi connectivity index (χ3v) is 1.00. The first-order chi connectivity index (χ1) is 5.52. The van der Waals surface area contributed by atoms with Gasteiger partial charge in [0.2, 0.25) is 0 Å². The summed E-state index contributed by atoms with van der Waals surface area (Å²) in [5, 5.41) is 8.81. The summed E-state index contributed by atoms with van der Waals surface area (Å²) in [5.41, 5.74) is 9.59. The van der Waals surface area contributed by atoms with E-state index in [1.165, 1.54) is 0 Å². The Morgan fingerprint density at radius 1 is 1.42 bits per heavy atom. The van der Waals surface area contributed by atoms with E-state index in [-0.39, 0.29) is 0 Å². The molecular formula is C8H12N2O2. The molecule has 4 nitrogen and oxygen atoms in total. The van der Waals surface area contributed by atoms with E-state index in [0.29, 0.717) is 5.75 Å². The minimum atomic E-state index is -0.833. The molecule has 0 aliphatic heterocycles. The van der Waals surface area contributed by atoms with Crippen molar-refractivity contribution in [2.75, 3.05) is 0 Å². The molecule has 0 aliphatic carbocycles. The van der Waals surface area contributed by atoms with Crippen LogP contribution < -0.4 is 11.5 Å². The Morgan fingerprint density at radius 2 is 1.92 bits per heavy atom. The summed E-state index contributed by atoms with van der Waals surface area (Å²) in [4.78, 5) is 9.00. The number of primary amides is 2. The molecule has 66 valence electrons. The van der Waals surface area contributed by atoms with Crippen molar-refractivity contribution in [2.45, 2.75) is 6.92 Å². The van der Waals surface area contributed by atoms with Crippen LogP contribution in [0.25, 0.3) is 0 Å². The Kier molecular flexibility index (Phi) is 4.30. The number of hydrogen-bond acceptors (Lipinski definition) is 2. The molecule has 1 aromatic rings. The van der Waals surface area contributed by atoms with Crippen LogP contribution in [0.15, 0.2) is 24.3 Å². The molecule has 2 amide bonds. The van der Waals surface area contributed by atoms with Crippen LogP contribution >= 0.6 is 0 Å². The molecule has 0 fully saturated rings. The lowest BCUT2D eigenvalue weighted by molar-refractivity contribution is 0.256. The molecule has 0 saturated heterocycles. The van der Waals surface area contributed by atoms with Crippen molar-refractivity contribution < 1.29 is 9.90 Å². The number of carbonyl (C=O) groups is 1. The standard InChI is InChI=1S/C7H8O.CH4N2O/c1-6-3-2-4-7(8)5-6;2-1(3)4/h2-5,8H,1H3;(H4,2,3,4). The fourth-order valence-electron chi connectivity index (χ4n) is 0.628. The van der Waals surface area contributed by atoms with Crippen LogP contribution in [0, 0.1) is 6.92 Å². The number of aromatic hydroxyl groups is 1. The molecule has 0 saturated carbocycles. The fourth-order valence-corrected chi connectivity index (χ4v) is 0.628. The molecule has 0 heterocycles. The molecule has 0 spiro atoms. The van der Waals surface area contributed by atoms with Crippen LogP contribution in [0.5, 0.6) is 5.75 Å². The SMILES string of the molecule is Cc1cccc(O)c1.NC(N)=O. The van der Waals surface area contributed by atoms with Crippen LogP contribution in [0.4, 0.5) is 4.79 Å². The summed E-state index contributed by atoms with van der Waals surface area (Å²) in [7, 11) is 0. The van der Waals surface area contributed by atoms with Crippen molar-refractivity contribution in [3.8, 4) is 5.75 Å². The number of rotatable bonds is 0. The monoisotopic (exact) mass is 168 g/mol. The summed E-state index contributed by atoms with van der Waals surface area (Å²) < 4.78 is 0. The van der Waals surface area contributed by atoms with Crippen molar-refractivity contribution in [1.82, 2.24) is 0 Å². The maximum absolute atomic E-state index is 9.00. The summed E-state index contributed by atoms with van der Waals surface area (Å²) in [6, 6.07) is 6.32. The molecular weight excluding hydrogens is 156 g/mol. The summed E-state index contributed by atoms with van der Waals surface area (Å²) in [6.07, 6.45) is 0. The Labute approximate surface area is 70.8 Å². The Bertz CT molecular complexity index is 240. The lowest BCUT2D eigenvalue weighted by Crippen LogP contribution is -2.18. The molecule has 0 atom stereocenters. The maximum atomic E-state index is 9.00. The highest BCUT2D eigenvalue weighted by Crippen LogP contribution is 2.08. The van der Waals surface area contributed by atoms with Gasteiger partial charge in [-0.2, -0.15) is 0 Å². The number of phenolic OH excluding ortho intramolecular Hbond substituents is 1. The number of phenols is 1. The second-order valence-corrected chi connectivity index (χ2v) is 2.24. The average molecular weight is 168 g/mol. The first-order valence-electron chi connectivity index (χ1n) is 3.33. The first kappa shape index (κ1) is 10.3. The van der Waals surface area contributed by atoms with Crippen LogP contribution in [-0.4, -0.2) is 11.1 Å². The average Bonchev–Trinajstić information content (AvgIpc) is 1.84. The van der Waals surface area contributed by atoms with Crippen molar-refractivity contribution >= 4 is 6.03 Å². The Balaban J connectivity index is 0.000000261. The van der Waals surface area contributed by atoms with Crippen molar-refractivity contribution in [3.63, 3.8) is 0 Å². The van der Waals surface area contributed by atoms with E-state index in [0.717, 1.165) is 5.56 Å². The number of hydrogen-bond donors (Lipinski definition) is 3. The van der Waals surface area contributed by atoms with E-state index < -0.39 is 6.03 Å². The minimum Gasteiger partial charge on any atom is -0.508 e. The van der Waals surface area contributed by atoms with Gasteiger partial charge >= 0.3 is 6.03 Å². The maximum Gasteiger partial charge on any atom is 0.309 e. The number of nitrogens with two attached hydrogens (primary N) is 2. The van der Waals surface area contributed by atoms with Crippen molar-refractivity contribution in [3.05, 3.63) is 29.8 Å². The van der Waals surface area contributed by atoms with Gasteiger partial charge in [-0.05, 0) is 24.6 Å². The molecule has 1 aromatic carbocycles. The first-order valence-corrected chi connectivity index (χ1v) is 3.33. The smallest absolute Gasteiger partial charge is 0.309 e. The fraction of sp³-hybridized carbons (Fsp3) is 0.125. The number of benzene rings is 1. The zero-order valence-electron chi connectivity index (χ0n) is 6.82. The summed E-state index contributed by atoms with van der Waals surface area (Å²) in [6.45, 7) is 1.94. The molecule has 0 aromatic heterocycles. The Hall–Kier alpha value is -1.71. The zero-order chi connectivity index (χ0) is 9.56. The molecule has 1 rings (SSSR count). The van der Waals surface area contributed by atoms with Gasteiger partial charge in [0.25, 0.3) is 0 Å². The van der Waals surface area contributed by atoms with E-state index in [1.807, 2.05) is 19.1 Å². The lowest BCUT2D eigenvalue weighted by atomic mass is 10.2. The third kappa shape index (κ3) is 6.41. The molecule has 0 bridgehead atoms. The van der Waals surface area contributed by atoms with E-state index in [1.54, 1.807) is 12.1 Å². The van der Waals surface area contributed by atoms with Gasteiger partial charge in [0.1, 0.15) is 5.75 Å². The highest BCUT2D eigenvalue weighted by Gasteiger charge is 1.83. The molecule has 0 aliphatic rings. The van der Waals surface area contributed by atoms with E-state index in [9.17, 15) is 0 Å². The zero-order valence-corrected chi connectivity index (χ0v) is 6.82. The number of urea groups is 1. The van der Waals surface area contributed by atoms with Gasteiger partial charge in [-0.25, -0.2) is 4.79 Å². The summed E-state index contributed by atoms with van der Waals surface area (Å²) in [5.74, 6) is 0.338. The lowest BCUT2D eigenvalue weighted by Gasteiger charge is -1.89. The Morgan fingerprint density at radius 3 is 2.17 bits per heavy atom.